The van der Waals surface area contributed by atoms with Gasteiger partial charge in [-0.3, -0.25) is 0 Å². The van der Waals surface area contributed by atoms with E-state index in [1.807, 2.05) is 0 Å². The summed E-state index contributed by atoms with van der Waals surface area (Å²) in [5.41, 5.74) is 0. The Morgan fingerprint density at radius 2 is 2.30 bits per heavy atom. The van der Waals surface area contributed by atoms with Gasteiger partial charge in [-0.05, 0) is 12.7 Å². The summed E-state index contributed by atoms with van der Waals surface area (Å²) in [6, 6.07) is 0.491. The lowest BCUT2D eigenvalue weighted by Gasteiger charge is -2.13. The Morgan fingerprint density at radius 1 is 1.60 bits per heavy atom. The fourth-order valence-corrected chi connectivity index (χ4v) is 1.54. The smallest absolute Gasteiger partial charge is 0.102 e. The van der Waals surface area contributed by atoms with Crippen molar-refractivity contribution >= 4 is 11.8 Å². The van der Waals surface area contributed by atoms with Crippen molar-refractivity contribution in [2.75, 3.05) is 25.2 Å². The van der Waals surface area contributed by atoms with Crippen LogP contribution >= 0.6 is 11.8 Å². The standard InChI is InChI=1S/C7H16FNS/c1-3-7(6-10-2)9-5-4-8/h7,9H,3-6H2,1-2H3. The highest BCUT2D eigenvalue weighted by Gasteiger charge is 2.01. The molecule has 0 aliphatic carbocycles. The lowest BCUT2D eigenvalue weighted by Crippen LogP contribution is -2.32. The molecule has 0 aromatic heterocycles. The lowest BCUT2D eigenvalue weighted by molar-refractivity contribution is 0.437. The molecule has 0 aliphatic heterocycles. The zero-order chi connectivity index (χ0) is 7.82. The van der Waals surface area contributed by atoms with Gasteiger partial charge < -0.3 is 5.32 Å². The first-order valence-electron chi connectivity index (χ1n) is 3.63. The summed E-state index contributed by atoms with van der Waals surface area (Å²) in [6.07, 6.45) is 3.15. The molecule has 0 fully saturated rings. The molecule has 0 aliphatic rings. The monoisotopic (exact) mass is 165 g/mol. The summed E-state index contributed by atoms with van der Waals surface area (Å²) >= 11 is 1.80. The zero-order valence-corrected chi connectivity index (χ0v) is 7.51. The minimum atomic E-state index is -0.259. The number of hydrogen-bond donors (Lipinski definition) is 1. The average molecular weight is 165 g/mol. The first-order chi connectivity index (χ1) is 4.85. The molecule has 0 aromatic carbocycles. The van der Waals surface area contributed by atoms with Gasteiger partial charge in [0.15, 0.2) is 0 Å². The molecule has 62 valence electrons. The van der Waals surface area contributed by atoms with Gasteiger partial charge in [0.05, 0.1) is 0 Å². The summed E-state index contributed by atoms with van der Waals surface area (Å²) in [7, 11) is 0. The van der Waals surface area contributed by atoms with Gasteiger partial charge in [0.25, 0.3) is 0 Å². The van der Waals surface area contributed by atoms with Crippen LogP contribution in [0.25, 0.3) is 0 Å². The van der Waals surface area contributed by atoms with Crippen molar-refractivity contribution in [3.05, 3.63) is 0 Å². The Balaban J connectivity index is 3.21. The number of hydrogen-bond acceptors (Lipinski definition) is 2. The molecule has 0 saturated heterocycles. The van der Waals surface area contributed by atoms with Crippen molar-refractivity contribution in [3.63, 3.8) is 0 Å². The summed E-state index contributed by atoms with van der Waals surface area (Å²) in [4.78, 5) is 0. The Kier molecular flexibility index (Phi) is 7.52. The maximum absolute atomic E-state index is 11.7. The zero-order valence-electron chi connectivity index (χ0n) is 6.69. The Morgan fingerprint density at radius 3 is 2.70 bits per heavy atom. The largest absolute Gasteiger partial charge is 0.311 e. The highest BCUT2D eigenvalue weighted by atomic mass is 32.2. The lowest BCUT2D eigenvalue weighted by atomic mass is 10.2. The van der Waals surface area contributed by atoms with Crippen LogP contribution in [-0.4, -0.2) is 31.3 Å². The van der Waals surface area contributed by atoms with Crippen LogP contribution in [0.4, 0.5) is 4.39 Å². The quantitative estimate of drug-likeness (QED) is 0.643. The number of rotatable bonds is 6. The second-order valence-electron chi connectivity index (χ2n) is 2.20. The molecule has 3 heteroatoms. The fourth-order valence-electron chi connectivity index (χ4n) is 0.781. The molecule has 0 saturated carbocycles. The molecule has 0 spiro atoms. The van der Waals surface area contributed by atoms with Crippen LogP contribution in [0.2, 0.25) is 0 Å². The van der Waals surface area contributed by atoms with Crippen LogP contribution in [0.1, 0.15) is 13.3 Å². The topological polar surface area (TPSA) is 12.0 Å². The van der Waals surface area contributed by atoms with Crippen molar-refractivity contribution in [3.8, 4) is 0 Å². The van der Waals surface area contributed by atoms with Gasteiger partial charge in [-0.15, -0.1) is 0 Å². The second-order valence-corrected chi connectivity index (χ2v) is 3.11. The maximum atomic E-state index is 11.7. The van der Waals surface area contributed by atoms with Gasteiger partial charge in [0, 0.05) is 18.3 Å². The van der Waals surface area contributed by atoms with Crippen LogP contribution in [0, 0.1) is 0 Å². The summed E-state index contributed by atoms with van der Waals surface area (Å²) < 4.78 is 11.7. The van der Waals surface area contributed by atoms with Gasteiger partial charge >= 0.3 is 0 Å². The number of thioether (sulfide) groups is 1. The molecule has 1 nitrogen and oxygen atoms in total. The minimum absolute atomic E-state index is 0.259. The Bertz CT molecular complexity index is 70.6. The first kappa shape index (κ1) is 10.2. The number of alkyl halides is 1. The third-order valence-corrected chi connectivity index (χ3v) is 2.12. The Hall–Kier alpha value is 0.240. The average Bonchev–Trinajstić information content (AvgIpc) is 1.98. The van der Waals surface area contributed by atoms with E-state index in [2.05, 4.69) is 18.5 Å². The number of halogens is 1. The van der Waals surface area contributed by atoms with Gasteiger partial charge in [-0.1, -0.05) is 6.92 Å². The SMILES string of the molecule is CCC(CSC)NCCF. The minimum Gasteiger partial charge on any atom is -0.311 e. The van der Waals surface area contributed by atoms with Crippen molar-refractivity contribution in [1.29, 1.82) is 0 Å². The van der Waals surface area contributed by atoms with Crippen molar-refractivity contribution in [2.24, 2.45) is 0 Å². The van der Waals surface area contributed by atoms with Crippen LogP contribution in [-0.2, 0) is 0 Å². The highest BCUT2D eigenvalue weighted by Crippen LogP contribution is 1.99. The summed E-state index contributed by atoms with van der Waals surface area (Å²) in [5, 5.41) is 3.12. The first-order valence-corrected chi connectivity index (χ1v) is 5.02. The highest BCUT2D eigenvalue weighted by molar-refractivity contribution is 7.98. The van der Waals surface area contributed by atoms with E-state index in [1.165, 1.54) is 0 Å². The van der Waals surface area contributed by atoms with Crippen molar-refractivity contribution < 1.29 is 4.39 Å². The maximum Gasteiger partial charge on any atom is 0.102 e. The molecule has 0 heterocycles. The van der Waals surface area contributed by atoms with E-state index < -0.39 is 0 Å². The molecular formula is C7H16FNS. The van der Waals surface area contributed by atoms with Crippen molar-refractivity contribution in [1.82, 2.24) is 5.32 Å². The molecule has 0 radical (unpaired) electrons. The fraction of sp³-hybridized carbons (Fsp3) is 1.00. The van der Waals surface area contributed by atoms with Crippen LogP contribution < -0.4 is 5.32 Å². The van der Waals surface area contributed by atoms with Crippen molar-refractivity contribution in [2.45, 2.75) is 19.4 Å². The molecular weight excluding hydrogens is 149 g/mol. The molecule has 0 amide bonds. The summed E-state index contributed by atoms with van der Waals surface area (Å²) in [6.45, 7) is 2.36. The Labute approximate surface area is 66.8 Å². The van der Waals surface area contributed by atoms with E-state index in [-0.39, 0.29) is 6.67 Å². The molecule has 1 unspecified atom stereocenters. The molecule has 0 rings (SSSR count). The van der Waals surface area contributed by atoms with Gasteiger partial charge in [-0.2, -0.15) is 11.8 Å². The van der Waals surface area contributed by atoms with E-state index in [4.69, 9.17) is 0 Å². The van der Waals surface area contributed by atoms with Crippen LogP contribution in [0.3, 0.4) is 0 Å². The summed E-state index contributed by atoms with van der Waals surface area (Å²) in [5.74, 6) is 1.08. The normalized spacial score (nSPS) is 13.5. The van der Waals surface area contributed by atoms with E-state index in [1.54, 1.807) is 11.8 Å². The third-order valence-electron chi connectivity index (χ3n) is 1.39. The molecule has 0 bridgehead atoms. The molecule has 10 heavy (non-hydrogen) atoms. The van der Waals surface area contributed by atoms with E-state index in [9.17, 15) is 4.39 Å². The molecule has 0 aromatic rings. The third kappa shape index (κ3) is 5.06. The van der Waals surface area contributed by atoms with Crippen LogP contribution in [0.5, 0.6) is 0 Å². The predicted molar refractivity (Wildman–Crippen MR) is 46.4 cm³/mol. The second kappa shape index (κ2) is 7.35. The van der Waals surface area contributed by atoms with E-state index in [0.717, 1.165) is 12.2 Å². The van der Waals surface area contributed by atoms with Gasteiger partial charge in [0.1, 0.15) is 6.67 Å². The van der Waals surface area contributed by atoms with Gasteiger partial charge in [-0.25, -0.2) is 4.39 Å². The number of nitrogens with one attached hydrogen (secondary N) is 1. The van der Waals surface area contributed by atoms with E-state index in [0.29, 0.717) is 12.6 Å². The van der Waals surface area contributed by atoms with Crippen LogP contribution in [0.15, 0.2) is 0 Å². The molecule has 1 N–H and O–H groups in total. The van der Waals surface area contributed by atoms with E-state index >= 15 is 0 Å². The molecule has 1 atom stereocenters. The van der Waals surface area contributed by atoms with Gasteiger partial charge in [0.2, 0.25) is 0 Å². The predicted octanol–water partition coefficient (Wildman–Crippen LogP) is 1.69.